The molecule has 4 nitrogen and oxygen atoms in total. The van der Waals surface area contributed by atoms with Gasteiger partial charge >= 0.3 is 0 Å². The third kappa shape index (κ3) is 2.48. The maximum absolute atomic E-state index is 13.5. The van der Waals surface area contributed by atoms with Crippen LogP contribution in [0.5, 0.6) is 5.75 Å². The molecule has 2 saturated heterocycles. The number of hydrogen-bond acceptors (Lipinski definition) is 3. The van der Waals surface area contributed by atoms with Crippen LogP contribution in [-0.4, -0.2) is 34.7 Å². The number of methoxy groups -OCH3 is 1. The normalized spacial score (nSPS) is 33.6. The molecule has 5 rings (SSSR count). The minimum atomic E-state index is -0.538. The number of amides is 1. The maximum atomic E-state index is 13.5. The van der Waals surface area contributed by atoms with Crippen molar-refractivity contribution in [2.45, 2.75) is 28.1 Å². The number of fused-ring (bicyclic) bond motifs is 1. The molecule has 0 N–H and O–H groups in total. The number of carbonyl (C=O) groups excluding carboxylic acids is 1. The van der Waals surface area contributed by atoms with Crippen LogP contribution in [0.2, 0.25) is 0 Å². The summed E-state index contributed by atoms with van der Waals surface area (Å²) in [5.74, 6) is 0.809. The summed E-state index contributed by atoms with van der Waals surface area (Å²) in [7, 11) is 1.65. The molecule has 0 unspecified atom stereocenters. The standard InChI is InChI=1S/C22H20INO3/c1-26-16-9-7-15(8-10-16)24-18(13-14-5-3-2-4-6-14)22-12-11-17(27-22)20(23)19(22)21(24)25/h2-12,17-20H,13H2,1H3/t17-,18-,19+,20-,22-/m1/s1. The molecule has 0 radical (unpaired) electrons. The highest BCUT2D eigenvalue weighted by Crippen LogP contribution is 2.55. The molecule has 0 aliphatic carbocycles. The van der Waals surface area contributed by atoms with E-state index in [2.05, 4.69) is 46.9 Å². The summed E-state index contributed by atoms with van der Waals surface area (Å²) in [5, 5.41) is 0. The van der Waals surface area contributed by atoms with Gasteiger partial charge in [0.2, 0.25) is 5.91 Å². The Morgan fingerprint density at radius 2 is 1.89 bits per heavy atom. The van der Waals surface area contributed by atoms with Crippen molar-refractivity contribution in [1.82, 2.24) is 0 Å². The fourth-order valence-corrected chi connectivity index (χ4v) is 5.97. The molecule has 2 bridgehead atoms. The lowest BCUT2D eigenvalue weighted by Crippen LogP contribution is -2.46. The highest BCUT2D eigenvalue weighted by atomic mass is 127. The topological polar surface area (TPSA) is 38.8 Å². The molecule has 27 heavy (non-hydrogen) atoms. The van der Waals surface area contributed by atoms with Crippen LogP contribution < -0.4 is 9.64 Å². The summed E-state index contributed by atoms with van der Waals surface area (Å²) in [6.07, 6.45) is 5.08. The largest absolute Gasteiger partial charge is 0.497 e. The number of anilines is 1. The molecule has 0 saturated carbocycles. The number of benzene rings is 2. The lowest BCUT2D eigenvalue weighted by Gasteiger charge is -2.33. The quantitative estimate of drug-likeness (QED) is 0.386. The molecule has 2 aromatic rings. The molecule has 3 aliphatic heterocycles. The van der Waals surface area contributed by atoms with Gasteiger partial charge in [-0.05, 0) is 36.2 Å². The summed E-state index contributed by atoms with van der Waals surface area (Å²) in [4.78, 5) is 15.5. The number of carbonyl (C=O) groups is 1. The highest BCUT2D eigenvalue weighted by molar-refractivity contribution is 14.1. The molecule has 1 amide bonds. The SMILES string of the molecule is COc1ccc(N2C(=O)[C@@H]3[C@H](I)[C@H]4C=C[C@@]3(O4)[C@H]2Cc2ccccc2)cc1. The zero-order valence-electron chi connectivity index (χ0n) is 14.9. The highest BCUT2D eigenvalue weighted by Gasteiger charge is 2.69. The summed E-state index contributed by atoms with van der Waals surface area (Å²) >= 11 is 2.39. The lowest BCUT2D eigenvalue weighted by molar-refractivity contribution is -0.121. The number of halogens is 1. The minimum absolute atomic E-state index is 0.0378. The van der Waals surface area contributed by atoms with Crippen LogP contribution in [0.15, 0.2) is 66.7 Å². The van der Waals surface area contributed by atoms with Crippen molar-refractivity contribution >= 4 is 34.2 Å². The first kappa shape index (κ1) is 17.3. The Labute approximate surface area is 172 Å². The molecular weight excluding hydrogens is 453 g/mol. The molecule has 5 heteroatoms. The Balaban J connectivity index is 1.59. The van der Waals surface area contributed by atoms with E-state index in [-0.39, 0.29) is 27.9 Å². The van der Waals surface area contributed by atoms with Crippen LogP contribution in [0, 0.1) is 5.92 Å². The number of ether oxygens (including phenoxy) is 2. The number of alkyl halides is 1. The first-order valence-electron chi connectivity index (χ1n) is 9.16. The average Bonchev–Trinajstić information content (AvgIpc) is 3.32. The van der Waals surface area contributed by atoms with E-state index in [4.69, 9.17) is 9.47 Å². The first-order valence-corrected chi connectivity index (χ1v) is 10.4. The Hall–Kier alpha value is -1.86. The van der Waals surface area contributed by atoms with Gasteiger partial charge in [0.15, 0.2) is 0 Å². The fourth-order valence-electron chi connectivity index (χ4n) is 4.72. The van der Waals surface area contributed by atoms with Crippen LogP contribution in [0.1, 0.15) is 5.56 Å². The fraction of sp³-hybridized carbons (Fsp3) is 0.318. The second kappa shape index (κ2) is 6.34. The maximum Gasteiger partial charge on any atom is 0.235 e. The van der Waals surface area contributed by atoms with Crippen molar-refractivity contribution in [2.75, 3.05) is 12.0 Å². The van der Waals surface area contributed by atoms with Gasteiger partial charge in [-0.2, -0.15) is 0 Å². The van der Waals surface area contributed by atoms with Gasteiger partial charge in [0, 0.05) is 5.69 Å². The molecule has 0 aromatic heterocycles. The Morgan fingerprint density at radius 1 is 1.15 bits per heavy atom. The molecule has 1 spiro atoms. The van der Waals surface area contributed by atoms with E-state index in [0.29, 0.717) is 0 Å². The van der Waals surface area contributed by atoms with Crippen molar-refractivity contribution in [3.05, 3.63) is 72.3 Å². The zero-order valence-corrected chi connectivity index (χ0v) is 17.1. The number of rotatable bonds is 4. The van der Waals surface area contributed by atoms with Crippen molar-refractivity contribution in [1.29, 1.82) is 0 Å². The van der Waals surface area contributed by atoms with E-state index in [1.807, 2.05) is 47.4 Å². The Bertz CT molecular complexity index is 898. The first-order chi connectivity index (χ1) is 13.1. The predicted molar refractivity (Wildman–Crippen MR) is 112 cm³/mol. The lowest BCUT2D eigenvalue weighted by atomic mass is 9.79. The van der Waals surface area contributed by atoms with Gasteiger partial charge in [0.05, 0.1) is 29.1 Å². The van der Waals surface area contributed by atoms with E-state index >= 15 is 0 Å². The van der Waals surface area contributed by atoms with Crippen LogP contribution >= 0.6 is 22.6 Å². The minimum Gasteiger partial charge on any atom is -0.497 e. The third-order valence-electron chi connectivity index (χ3n) is 5.96. The molecule has 5 atom stereocenters. The molecule has 138 valence electrons. The summed E-state index contributed by atoms with van der Waals surface area (Å²) < 4.78 is 11.9. The van der Waals surface area contributed by atoms with Gasteiger partial charge in [-0.25, -0.2) is 0 Å². The molecule has 2 fully saturated rings. The van der Waals surface area contributed by atoms with Crippen molar-refractivity contribution in [2.24, 2.45) is 5.92 Å². The van der Waals surface area contributed by atoms with Crippen LogP contribution in [-0.2, 0) is 16.0 Å². The number of nitrogens with zero attached hydrogens (tertiary/aromatic N) is 1. The Morgan fingerprint density at radius 3 is 2.59 bits per heavy atom. The summed E-state index contributed by atoms with van der Waals surface area (Å²) in [5.41, 5.74) is 1.57. The third-order valence-corrected chi connectivity index (χ3v) is 7.39. The second-order valence-electron chi connectivity index (χ2n) is 7.33. The monoisotopic (exact) mass is 473 g/mol. The zero-order chi connectivity index (χ0) is 18.6. The van der Waals surface area contributed by atoms with Gasteiger partial charge < -0.3 is 14.4 Å². The van der Waals surface area contributed by atoms with Gasteiger partial charge in [-0.3, -0.25) is 4.79 Å². The van der Waals surface area contributed by atoms with Gasteiger partial charge in [-0.15, -0.1) is 0 Å². The smallest absolute Gasteiger partial charge is 0.235 e. The predicted octanol–water partition coefficient (Wildman–Crippen LogP) is 3.78. The molecule has 3 heterocycles. The summed E-state index contributed by atoms with van der Waals surface area (Å²) in [6, 6.07) is 18.0. The second-order valence-corrected chi connectivity index (χ2v) is 8.77. The van der Waals surface area contributed by atoms with E-state index in [9.17, 15) is 4.79 Å². The molecule has 2 aromatic carbocycles. The summed E-state index contributed by atoms with van der Waals surface area (Å²) in [6.45, 7) is 0. The van der Waals surface area contributed by atoms with Crippen LogP contribution in [0.4, 0.5) is 5.69 Å². The van der Waals surface area contributed by atoms with Crippen molar-refractivity contribution in [3.63, 3.8) is 0 Å². The van der Waals surface area contributed by atoms with Gasteiger partial charge in [0.1, 0.15) is 11.4 Å². The van der Waals surface area contributed by atoms with Gasteiger partial charge in [0.25, 0.3) is 0 Å². The van der Waals surface area contributed by atoms with E-state index in [0.717, 1.165) is 17.9 Å². The van der Waals surface area contributed by atoms with Crippen LogP contribution in [0.3, 0.4) is 0 Å². The number of hydrogen-bond donors (Lipinski definition) is 0. The van der Waals surface area contributed by atoms with Gasteiger partial charge in [-0.1, -0.05) is 65.1 Å². The van der Waals surface area contributed by atoms with Crippen LogP contribution in [0.25, 0.3) is 0 Å². The van der Waals surface area contributed by atoms with Crippen molar-refractivity contribution < 1.29 is 14.3 Å². The average molecular weight is 473 g/mol. The molecule has 3 aliphatic rings. The van der Waals surface area contributed by atoms with E-state index < -0.39 is 5.60 Å². The Kier molecular flexibility index (Phi) is 4.05. The van der Waals surface area contributed by atoms with Crippen molar-refractivity contribution in [3.8, 4) is 5.75 Å². The van der Waals surface area contributed by atoms with E-state index in [1.165, 1.54) is 5.56 Å². The van der Waals surface area contributed by atoms with E-state index in [1.54, 1.807) is 7.11 Å². The molecular formula is C22H20INO3.